The molecule has 1 aromatic rings. The van der Waals surface area contributed by atoms with Crippen molar-refractivity contribution in [1.29, 1.82) is 0 Å². The van der Waals surface area contributed by atoms with Gasteiger partial charge >= 0.3 is 0 Å². The molecule has 90 valence electrons. The second-order valence-electron chi connectivity index (χ2n) is 2.87. The Morgan fingerprint density at radius 2 is 2.18 bits per heavy atom. The van der Waals surface area contributed by atoms with Gasteiger partial charge in [-0.3, -0.25) is 4.79 Å². The van der Waals surface area contributed by atoms with Gasteiger partial charge < -0.3 is 10.5 Å². The third-order valence-corrected chi connectivity index (χ3v) is 3.02. The van der Waals surface area contributed by atoms with Crippen LogP contribution in [0.3, 0.4) is 0 Å². The number of methoxy groups -OCH3 is 1. The van der Waals surface area contributed by atoms with Crippen LogP contribution in [0.2, 0.25) is 0 Å². The number of primary amides is 1. The number of amides is 1. The Morgan fingerprint density at radius 3 is 2.65 bits per heavy atom. The predicted molar refractivity (Wildman–Crippen MR) is 57.8 cm³/mol. The molecule has 0 aliphatic carbocycles. The summed E-state index contributed by atoms with van der Waals surface area (Å²) in [5.41, 5.74) is 13.1. The van der Waals surface area contributed by atoms with Gasteiger partial charge in [0.2, 0.25) is 0 Å². The van der Waals surface area contributed by atoms with E-state index in [0.29, 0.717) is 0 Å². The van der Waals surface area contributed by atoms with Crippen LogP contribution in [0.1, 0.15) is 10.4 Å². The molecule has 2 N–H and O–H groups in total. The molecule has 8 nitrogen and oxygen atoms in total. The number of azide groups is 1. The maximum absolute atomic E-state index is 11.4. The Balaban J connectivity index is 3.46. The van der Waals surface area contributed by atoms with Crippen molar-refractivity contribution >= 4 is 15.9 Å². The van der Waals surface area contributed by atoms with Crippen LogP contribution in [-0.4, -0.2) is 21.4 Å². The molecule has 1 rings (SSSR count). The molecule has 0 aliphatic rings. The molecule has 0 radical (unpaired) electrons. The van der Waals surface area contributed by atoms with Crippen LogP contribution in [0.4, 0.5) is 0 Å². The van der Waals surface area contributed by atoms with E-state index in [-0.39, 0.29) is 16.2 Å². The molecular formula is C8H8N4O4S. The number of nitrogens with zero attached hydrogens (tertiary/aromatic N) is 3. The van der Waals surface area contributed by atoms with Crippen molar-refractivity contribution in [2.75, 3.05) is 7.11 Å². The van der Waals surface area contributed by atoms with E-state index >= 15 is 0 Å². The zero-order valence-electron chi connectivity index (χ0n) is 8.69. The van der Waals surface area contributed by atoms with Crippen LogP contribution in [0.15, 0.2) is 27.6 Å². The minimum Gasteiger partial charge on any atom is -0.496 e. The molecule has 0 unspecified atom stereocenters. The lowest BCUT2D eigenvalue weighted by molar-refractivity contribution is 0.0997. The minimum atomic E-state index is -4.15. The van der Waals surface area contributed by atoms with Gasteiger partial charge in [0.15, 0.2) is 0 Å². The highest BCUT2D eigenvalue weighted by Gasteiger charge is 2.17. The summed E-state index contributed by atoms with van der Waals surface area (Å²) in [5, 5.41) is 0. The summed E-state index contributed by atoms with van der Waals surface area (Å²) in [4.78, 5) is 12.9. The molecule has 1 aromatic carbocycles. The van der Waals surface area contributed by atoms with E-state index in [4.69, 9.17) is 16.0 Å². The fraction of sp³-hybridized carbons (Fsp3) is 0.125. The van der Waals surface area contributed by atoms with Crippen molar-refractivity contribution in [3.63, 3.8) is 0 Å². The first-order chi connectivity index (χ1) is 7.92. The fourth-order valence-electron chi connectivity index (χ4n) is 1.14. The highest BCUT2D eigenvalue weighted by Crippen LogP contribution is 2.23. The van der Waals surface area contributed by atoms with Gasteiger partial charge in [0, 0.05) is 9.43 Å². The topological polar surface area (TPSA) is 135 Å². The Kier molecular flexibility index (Phi) is 3.56. The van der Waals surface area contributed by atoms with Crippen molar-refractivity contribution in [2.45, 2.75) is 4.90 Å². The van der Waals surface area contributed by atoms with Gasteiger partial charge in [-0.1, -0.05) is 0 Å². The summed E-state index contributed by atoms with van der Waals surface area (Å²) in [6.07, 6.45) is 0. The summed E-state index contributed by atoms with van der Waals surface area (Å²) >= 11 is 0. The Labute approximate surface area is 96.7 Å². The number of carbonyl (C=O) groups is 1. The van der Waals surface area contributed by atoms with Gasteiger partial charge in [-0.05, 0) is 23.7 Å². The van der Waals surface area contributed by atoms with Gasteiger partial charge in [0.25, 0.3) is 15.9 Å². The molecule has 0 atom stereocenters. The van der Waals surface area contributed by atoms with E-state index in [1.165, 1.54) is 13.2 Å². The maximum Gasteiger partial charge on any atom is 0.264 e. The molecule has 17 heavy (non-hydrogen) atoms. The summed E-state index contributed by atoms with van der Waals surface area (Å²) in [6, 6.07) is 3.39. The van der Waals surface area contributed by atoms with Crippen molar-refractivity contribution in [1.82, 2.24) is 0 Å². The van der Waals surface area contributed by atoms with Crippen molar-refractivity contribution in [2.24, 2.45) is 10.3 Å². The van der Waals surface area contributed by atoms with Crippen molar-refractivity contribution < 1.29 is 17.9 Å². The number of rotatable bonds is 4. The Bertz CT molecular complexity index is 604. The quantitative estimate of drug-likeness (QED) is 0.483. The molecule has 0 saturated heterocycles. The van der Waals surface area contributed by atoms with Gasteiger partial charge in [0.1, 0.15) is 5.75 Å². The first-order valence-electron chi connectivity index (χ1n) is 4.21. The highest BCUT2D eigenvalue weighted by atomic mass is 32.2. The number of hydrogen-bond donors (Lipinski definition) is 1. The van der Waals surface area contributed by atoms with Crippen LogP contribution >= 0.6 is 0 Å². The lowest BCUT2D eigenvalue weighted by Crippen LogP contribution is -2.13. The SMILES string of the molecule is COc1ccc(S(=O)(=O)N=[N+]=[N-])cc1C(N)=O. The number of benzene rings is 1. The lowest BCUT2D eigenvalue weighted by Gasteiger charge is -2.06. The lowest BCUT2D eigenvalue weighted by atomic mass is 10.2. The molecule has 0 saturated carbocycles. The summed E-state index contributed by atoms with van der Waals surface area (Å²) in [7, 11) is -2.84. The summed E-state index contributed by atoms with van der Waals surface area (Å²) in [5.74, 6) is -0.711. The summed E-state index contributed by atoms with van der Waals surface area (Å²) < 4.78 is 30.3. The maximum atomic E-state index is 11.4. The largest absolute Gasteiger partial charge is 0.496 e. The second-order valence-corrected chi connectivity index (χ2v) is 4.46. The second kappa shape index (κ2) is 4.73. The Hall–Kier alpha value is -2.25. The van der Waals surface area contributed by atoms with Gasteiger partial charge in [-0.25, -0.2) is 8.42 Å². The molecule has 0 aliphatic heterocycles. The molecule has 1 amide bonds. The molecule has 0 aromatic heterocycles. The molecule has 0 spiro atoms. The first kappa shape index (κ1) is 12.8. The fourth-order valence-corrected chi connectivity index (χ4v) is 1.83. The van der Waals surface area contributed by atoms with E-state index in [9.17, 15) is 13.2 Å². The highest BCUT2D eigenvalue weighted by molar-refractivity contribution is 7.90. The number of ether oxygens (including phenoxy) is 1. The normalized spacial score (nSPS) is 10.4. The smallest absolute Gasteiger partial charge is 0.264 e. The zero-order chi connectivity index (χ0) is 13.1. The van der Waals surface area contributed by atoms with E-state index in [2.05, 4.69) is 9.43 Å². The van der Waals surface area contributed by atoms with Gasteiger partial charge in [-0.15, -0.1) is 0 Å². The predicted octanol–water partition coefficient (Wildman–Crippen LogP) is 0.793. The zero-order valence-corrected chi connectivity index (χ0v) is 9.51. The average Bonchev–Trinajstić information content (AvgIpc) is 2.28. The minimum absolute atomic E-state index is 0.110. The number of carbonyl (C=O) groups excluding carboxylic acids is 1. The number of nitrogens with two attached hydrogens (primary N) is 1. The van der Waals surface area contributed by atoms with E-state index in [1.807, 2.05) is 0 Å². The summed E-state index contributed by atoms with van der Waals surface area (Å²) in [6.45, 7) is 0. The van der Waals surface area contributed by atoms with Crippen molar-refractivity contribution in [3.05, 3.63) is 34.2 Å². The average molecular weight is 256 g/mol. The molecule has 0 fully saturated rings. The molecular weight excluding hydrogens is 248 g/mol. The first-order valence-corrected chi connectivity index (χ1v) is 5.65. The molecule has 9 heteroatoms. The van der Waals surface area contributed by atoms with Crippen LogP contribution < -0.4 is 10.5 Å². The van der Waals surface area contributed by atoms with Crippen LogP contribution in [0.25, 0.3) is 10.4 Å². The number of sulfonamides is 1. The van der Waals surface area contributed by atoms with E-state index < -0.39 is 15.9 Å². The standard InChI is InChI=1S/C8H8N4O4S/c1-16-7-3-2-5(4-6(7)8(9)13)17(14,15)12-11-10/h2-4H,1H3,(H2,9,13). The molecule has 0 heterocycles. The van der Waals surface area contributed by atoms with Gasteiger partial charge in [0.05, 0.1) is 17.6 Å². The third-order valence-electron chi connectivity index (χ3n) is 1.88. The number of hydrogen-bond acceptors (Lipinski definition) is 4. The Morgan fingerprint density at radius 1 is 1.53 bits per heavy atom. The van der Waals surface area contributed by atoms with Gasteiger partial charge in [-0.2, -0.15) is 0 Å². The van der Waals surface area contributed by atoms with Crippen LogP contribution in [0.5, 0.6) is 5.75 Å². The van der Waals surface area contributed by atoms with Crippen LogP contribution in [0, 0.1) is 0 Å². The molecule has 0 bridgehead atoms. The van der Waals surface area contributed by atoms with Crippen molar-refractivity contribution in [3.8, 4) is 5.75 Å². The van der Waals surface area contributed by atoms with Crippen LogP contribution in [-0.2, 0) is 10.0 Å². The van der Waals surface area contributed by atoms with E-state index in [0.717, 1.165) is 12.1 Å². The van der Waals surface area contributed by atoms with E-state index in [1.54, 1.807) is 0 Å². The third kappa shape index (κ3) is 2.65. The monoisotopic (exact) mass is 256 g/mol.